The number of Topliss-reactive ketones (excluding diaryl/α,β-unsaturated/α-hetero) is 1. The van der Waals surface area contributed by atoms with Crippen LogP contribution in [-0.2, 0) is 19.1 Å². The first kappa shape index (κ1) is 19.1. The van der Waals surface area contributed by atoms with E-state index in [2.05, 4.69) is 5.32 Å². The van der Waals surface area contributed by atoms with Crippen molar-refractivity contribution in [3.8, 4) is 0 Å². The largest absolute Gasteiger partial charge is 0.377 e. The van der Waals surface area contributed by atoms with Crippen LogP contribution in [0.15, 0.2) is 0 Å². The molecule has 0 heterocycles. The first-order chi connectivity index (χ1) is 9.41. The molecule has 0 rings (SSSR count). The molecule has 5 nitrogen and oxygen atoms in total. The summed E-state index contributed by atoms with van der Waals surface area (Å²) in [6, 6.07) is 0. The van der Waals surface area contributed by atoms with Gasteiger partial charge in [-0.25, -0.2) is 0 Å². The van der Waals surface area contributed by atoms with Crippen LogP contribution in [0.1, 0.15) is 40.5 Å². The number of hydrogen-bond acceptors (Lipinski definition) is 4. The molecular formula is C15H29NO4. The first-order valence-corrected chi connectivity index (χ1v) is 7.35. The topological polar surface area (TPSA) is 64.6 Å². The average molecular weight is 287 g/mol. The highest BCUT2D eigenvalue weighted by atomic mass is 16.5. The molecule has 0 aliphatic rings. The van der Waals surface area contributed by atoms with Crippen LogP contribution in [0.5, 0.6) is 0 Å². The van der Waals surface area contributed by atoms with Gasteiger partial charge in [0.15, 0.2) is 5.78 Å². The fourth-order valence-electron chi connectivity index (χ4n) is 1.63. The highest BCUT2D eigenvalue weighted by molar-refractivity contribution is 5.79. The van der Waals surface area contributed by atoms with E-state index in [1.54, 1.807) is 0 Å². The van der Waals surface area contributed by atoms with Crippen molar-refractivity contribution in [1.82, 2.24) is 5.32 Å². The van der Waals surface area contributed by atoms with Crippen LogP contribution in [0.25, 0.3) is 0 Å². The predicted octanol–water partition coefficient (Wildman–Crippen LogP) is 1.80. The molecule has 0 unspecified atom stereocenters. The van der Waals surface area contributed by atoms with Gasteiger partial charge in [0.2, 0.25) is 5.91 Å². The van der Waals surface area contributed by atoms with E-state index in [1.165, 1.54) is 0 Å². The molecule has 1 N–H and O–H groups in total. The van der Waals surface area contributed by atoms with Gasteiger partial charge in [0.05, 0.1) is 19.8 Å². The van der Waals surface area contributed by atoms with Gasteiger partial charge in [0, 0.05) is 19.4 Å². The van der Waals surface area contributed by atoms with Crippen LogP contribution >= 0.6 is 0 Å². The van der Waals surface area contributed by atoms with Crippen LogP contribution in [-0.4, -0.2) is 44.7 Å². The third kappa shape index (κ3) is 13.5. The fourth-order valence-corrected chi connectivity index (χ4v) is 1.63. The van der Waals surface area contributed by atoms with Crippen LogP contribution in [0, 0.1) is 11.8 Å². The predicted molar refractivity (Wildman–Crippen MR) is 78.6 cm³/mol. The quantitative estimate of drug-likeness (QED) is 0.556. The van der Waals surface area contributed by atoms with Gasteiger partial charge >= 0.3 is 0 Å². The molecular weight excluding hydrogens is 258 g/mol. The average Bonchev–Trinajstić information content (AvgIpc) is 2.30. The van der Waals surface area contributed by atoms with Crippen molar-refractivity contribution in [1.29, 1.82) is 0 Å². The van der Waals surface area contributed by atoms with Crippen molar-refractivity contribution in [2.45, 2.75) is 40.5 Å². The van der Waals surface area contributed by atoms with Crippen molar-refractivity contribution in [3.05, 3.63) is 0 Å². The van der Waals surface area contributed by atoms with Crippen molar-refractivity contribution in [3.63, 3.8) is 0 Å². The lowest BCUT2D eigenvalue weighted by Gasteiger charge is -2.08. The molecule has 1 amide bonds. The van der Waals surface area contributed by atoms with E-state index in [0.29, 0.717) is 51.0 Å². The Morgan fingerprint density at radius 2 is 1.50 bits per heavy atom. The molecule has 0 bridgehead atoms. The van der Waals surface area contributed by atoms with Crippen LogP contribution in [0.3, 0.4) is 0 Å². The lowest BCUT2D eigenvalue weighted by molar-refractivity contribution is -0.125. The smallest absolute Gasteiger partial charge is 0.220 e. The molecule has 118 valence electrons. The third-order valence-corrected chi connectivity index (χ3v) is 2.43. The molecule has 0 atom stereocenters. The zero-order chi connectivity index (χ0) is 15.4. The molecule has 0 aromatic rings. The Kier molecular flexibility index (Phi) is 11.3. The van der Waals surface area contributed by atoms with Crippen molar-refractivity contribution in [2.24, 2.45) is 11.8 Å². The molecule has 0 saturated heterocycles. The van der Waals surface area contributed by atoms with Gasteiger partial charge in [-0.2, -0.15) is 0 Å². The summed E-state index contributed by atoms with van der Waals surface area (Å²) in [5.74, 6) is 0.921. The highest BCUT2D eigenvalue weighted by Crippen LogP contribution is 2.00. The minimum absolute atomic E-state index is 0.0548. The molecule has 5 heteroatoms. The van der Waals surface area contributed by atoms with Gasteiger partial charge in [-0.15, -0.1) is 0 Å². The lowest BCUT2D eigenvalue weighted by Crippen LogP contribution is -2.28. The standard InChI is InChI=1S/C15H29NO4/c1-12(2)9-14(17)11-20-8-7-19-6-5-16-15(18)10-13(3)4/h12-13H,5-11H2,1-4H3,(H,16,18). The number of rotatable bonds is 12. The summed E-state index contributed by atoms with van der Waals surface area (Å²) in [6.45, 7) is 10.0. The van der Waals surface area contributed by atoms with E-state index in [-0.39, 0.29) is 18.3 Å². The Labute approximate surface area is 122 Å². The SMILES string of the molecule is CC(C)CC(=O)COCCOCCNC(=O)CC(C)C. The summed E-state index contributed by atoms with van der Waals surface area (Å²) in [5, 5.41) is 2.79. The molecule has 0 saturated carbocycles. The number of ether oxygens (including phenoxy) is 2. The number of nitrogens with one attached hydrogen (secondary N) is 1. The van der Waals surface area contributed by atoms with Gasteiger partial charge in [0.25, 0.3) is 0 Å². The number of amides is 1. The van der Waals surface area contributed by atoms with Crippen molar-refractivity contribution in [2.75, 3.05) is 33.0 Å². The second-order valence-corrected chi connectivity index (χ2v) is 5.75. The Morgan fingerprint density at radius 3 is 2.10 bits per heavy atom. The van der Waals surface area contributed by atoms with Gasteiger partial charge in [0.1, 0.15) is 6.61 Å². The molecule has 0 aliphatic carbocycles. The summed E-state index contributed by atoms with van der Waals surface area (Å²) < 4.78 is 10.5. The number of ketones is 1. The first-order valence-electron chi connectivity index (χ1n) is 7.35. The van der Waals surface area contributed by atoms with Crippen LogP contribution in [0.4, 0.5) is 0 Å². The monoisotopic (exact) mass is 287 g/mol. The molecule has 0 aromatic heterocycles. The van der Waals surface area contributed by atoms with Crippen LogP contribution < -0.4 is 5.32 Å². The number of hydrogen-bond donors (Lipinski definition) is 1. The molecule has 0 spiro atoms. The summed E-state index contributed by atoms with van der Waals surface area (Å²) in [6.07, 6.45) is 1.10. The second kappa shape index (κ2) is 11.9. The van der Waals surface area contributed by atoms with E-state index in [4.69, 9.17) is 9.47 Å². The maximum absolute atomic E-state index is 11.3. The van der Waals surface area contributed by atoms with E-state index in [0.717, 1.165) is 0 Å². The Morgan fingerprint density at radius 1 is 0.900 bits per heavy atom. The van der Waals surface area contributed by atoms with Gasteiger partial charge in [-0.1, -0.05) is 27.7 Å². The summed E-state index contributed by atoms with van der Waals surface area (Å²) in [4.78, 5) is 22.7. The zero-order valence-electron chi connectivity index (χ0n) is 13.2. The maximum atomic E-state index is 11.3. The van der Waals surface area contributed by atoms with Crippen LogP contribution in [0.2, 0.25) is 0 Å². The van der Waals surface area contributed by atoms with Gasteiger partial charge < -0.3 is 14.8 Å². The summed E-state index contributed by atoms with van der Waals surface area (Å²) in [7, 11) is 0. The van der Waals surface area contributed by atoms with E-state index in [1.807, 2.05) is 27.7 Å². The van der Waals surface area contributed by atoms with E-state index >= 15 is 0 Å². The number of carbonyl (C=O) groups excluding carboxylic acids is 2. The maximum Gasteiger partial charge on any atom is 0.220 e. The van der Waals surface area contributed by atoms with E-state index < -0.39 is 0 Å². The van der Waals surface area contributed by atoms with Crippen molar-refractivity contribution >= 4 is 11.7 Å². The van der Waals surface area contributed by atoms with Gasteiger partial charge in [-0.3, -0.25) is 9.59 Å². The summed E-state index contributed by atoms with van der Waals surface area (Å²) in [5.41, 5.74) is 0. The molecule has 0 radical (unpaired) electrons. The fraction of sp³-hybridized carbons (Fsp3) is 0.867. The Bertz CT molecular complexity index is 249. The molecule has 20 heavy (non-hydrogen) atoms. The third-order valence-electron chi connectivity index (χ3n) is 2.43. The molecule has 0 aromatic carbocycles. The second-order valence-electron chi connectivity index (χ2n) is 5.75. The molecule has 0 aliphatic heterocycles. The minimum Gasteiger partial charge on any atom is -0.377 e. The van der Waals surface area contributed by atoms with E-state index in [9.17, 15) is 9.59 Å². The Balaban J connectivity index is 3.29. The summed E-state index contributed by atoms with van der Waals surface area (Å²) >= 11 is 0. The highest BCUT2D eigenvalue weighted by Gasteiger charge is 2.05. The van der Waals surface area contributed by atoms with Gasteiger partial charge in [-0.05, 0) is 11.8 Å². The normalized spacial score (nSPS) is 11.1. The molecule has 0 fully saturated rings. The van der Waals surface area contributed by atoms with Crippen molar-refractivity contribution < 1.29 is 19.1 Å². The Hall–Kier alpha value is -0.940. The zero-order valence-corrected chi connectivity index (χ0v) is 13.2. The lowest BCUT2D eigenvalue weighted by atomic mass is 10.1. The number of carbonyl (C=O) groups is 2. The minimum atomic E-state index is 0.0548.